The van der Waals surface area contributed by atoms with Gasteiger partial charge in [0.15, 0.2) is 0 Å². The van der Waals surface area contributed by atoms with E-state index in [1.807, 2.05) is 37.3 Å². The van der Waals surface area contributed by atoms with Gasteiger partial charge < -0.3 is 10.1 Å². The number of fused-ring (bicyclic) bond motifs is 1. The largest absolute Gasteiger partial charge is 0.376 e. The van der Waals surface area contributed by atoms with Crippen LogP contribution in [0.4, 0.5) is 0 Å². The molecule has 0 saturated carbocycles. The summed E-state index contributed by atoms with van der Waals surface area (Å²) in [6, 6.07) is 9.96. The minimum absolute atomic E-state index is 0.0373. The number of aromatic nitrogens is 2. The number of benzene rings is 1. The van der Waals surface area contributed by atoms with E-state index in [9.17, 15) is 9.59 Å². The number of aryl methyl sites for hydroxylation is 1. The number of amides is 1. The Bertz CT molecular complexity index is 1020. The molecule has 4 rings (SSSR count). The highest BCUT2D eigenvalue weighted by Crippen LogP contribution is 2.35. The molecule has 0 spiro atoms. The van der Waals surface area contributed by atoms with Crippen LogP contribution >= 0.6 is 11.3 Å². The number of nitrogens with one attached hydrogen (secondary N) is 1. The molecule has 0 aliphatic carbocycles. The number of thiophene rings is 1. The van der Waals surface area contributed by atoms with Gasteiger partial charge in [-0.1, -0.05) is 30.3 Å². The molecule has 1 aromatic carbocycles. The van der Waals surface area contributed by atoms with Crippen molar-refractivity contribution in [2.45, 2.75) is 32.4 Å². The van der Waals surface area contributed by atoms with E-state index < -0.39 is 0 Å². The van der Waals surface area contributed by atoms with Crippen molar-refractivity contribution >= 4 is 27.5 Å². The van der Waals surface area contributed by atoms with Crippen LogP contribution in [0.5, 0.6) is 0 Å². The van der Waals surface area contributed by atoms with Crippen LogP contribution < -0.4 is 10.9 Å². The van der Waals surface area contributed by atoms with Crippen molar-refractivity contribution in [2.75, 3.05) is 13.2 Å². The fourth-order valence-corrected chi connectivity index (χ4v) is 4.53. The highest BCUT2D eigenvalue weighted by Gasteiger charge is 2.18. The van der Waals surface area contributed by atoms with Gasteiger partial charge in [0, 0.05) is 18.0 Å². The Labute approximate surface area is 160 Å². The van der Waals surface area contributed by atoms with Crippen LogP contribution in [0.3, 0.4) is 0 Å². The van der Waals surface area contributed by atoms with E-state index in [4.69, 9.17) is 4.74 Å². The van der Waals surface area contributed by atoms with Crippen LogP contribution in [-0.2, 0) is 16.1 Å². The molecule has 1 N–H and O–H groups in total. The average Bonchev–Trinajstić information content (AvgIpc) is 3.31. The fourth-order valence-electron chi connectivity index (χ4n) is 3.38. The minimum Gasteiger partial charge on any atom is -0.376 e. The van der Waals surface area contributed by atoms with E-state index >= 15 is 0 Å². The van der Waals surface area contributed by atoms with Gasteiger partial charge in [0.25, 0.3) is 5.56 Å². The number of carbonyl (C=O) groups is 1. The Hall–Kier alpha value is -2.51. The summed E-state index contributed by atoms with van der Waals surface area (Å²) in [4.78, 5) is 31.3. The molecule has 2 aromatic heterocycles. The van der Waals surface area contributed by atoms with Crippen molar-refractivity contribution in [3.63, 3.8) is 0 Å². The molecule has 1 saturated heterocycles. The maximum atomic E-state index is 12.9. The first-order chi connectivity index (χ1) is 13.1. The van der Waals surface area contributed by atoms with Gasteiger partial charge in [0.05, 0.1) is 17.8 Å². The predicted octanol–water partition coefficient (Wildman–Crippen LogP) is 2.73. The van der Waals surface area contributed by atoms with Crippen molar-refractivity contribution in [1.82, 2.24) is 14.9 Å². The first-order valence-electron chi connectivity index (χ1n) is 9.06. The zero-order valence-electron chi connectivity index (χ0n) is 15.1. The van der Waals surface area contributed by atoms with Crippen LogP contribution in [0.2, 0.25) is 0 Å². The molecule has 3 heterocycles. The molecular formula is C20H21N3O3S. The molecule has 1 aliphatic heterocycles. The van der Waals surface area contributed by atoms with Crippen molar-refractivity contribution < 1.29 is 9.53 Å². The maximum absolute atomic E-state index is 12.9. The van der Waals surface area contributed by atoms with Crippen LogP contribution in [-0.4, -0.2) is 34.7 Å². The Morgan fingerprint density at radius 1 is 1.37 bits per heavy atom. The normalized spacial score (nSPS) is 16.7. The SMILES string of the molecule is Cc1c(-c2ccccc2)sc2ncn(CC(=O)NC[C@@H]3CCCO3)c(=O)c12. The van der Waals surface area contributed by atoms with E-state index in [1.54, 1.807) is 0 Å². The van der Waals surface area contributed by atoms with Gasteiger partial charge in [-0.2, -0.15) is 0 Å². The summed E-state index contributed by atoms with van der Waals surface area (Å²) >= 11 is 1.50. The standard InChI is InChI=1S/C20H21N3O3S/c1-13-17-19(27-18(13)14-6-3-2-4-7-14)22-12-23(20(17)25)11-16(24)21-10-15-8-5-9-26-15/h2-4,6-7,12,15H,5,8-11H2,1H3,(H,21,24)/t15-/m0/s1. The molecule has 1 fully saturated rings. The van der Waals surface area contributed by atoms with Crippen LogP contribution in [0, 0.1) is 6.92 Å². The Kier molecular flexibility index (Phi) is 5.05. The number of ether oxygens (including phenoxy) is 1. The lowest BCUT2D eigenvalue weighted by Gasteiger charge is -2.11. The number of rotatable bonds is 5. The van der Waals surface area contributed by atoms with Crippen LogP contribution in [0.15, 0.2) is 41.5 Å². The molecule has 0 bridgehead atoms. The molecule has 27 heavy (non-hydrogen) atoms. The Morgan fingerprint density at radius 3 is 2.93 bits per heavy atom. The first kappa shape index (κ1) is 17.9. The molecular weight excluding hydrogens is 362 g/mol. The highest BCUT2D eigenvalue weighted by molar-refractivity contribution is 7.22. The third-order valence-corrected chi connectivity index (χ3v) is 6.07. The maximum Gasteiger partial charge on any atom is 0.262 e. The lowest BCUT2D eigenvalue weighted by molar-refractivity contribution is -0.122. The lowest BCUT2D eigenvalue weighted by atomic mass is 10.1. The van der Waals surface area contributed by atoms with E-state index in [2.05, 4.69) is 10.3 Å². The molecule has 6 nitrogen and oxygen atoms in total. The molecule has 1 aliphatic rings. The van der Waals surface area contributed by atoms with Crippen molar-refractivity contribution in [2.24, 2.45) is 0 Å². The summed E-state index contributed by atoms with van der Waals surface area (Å²) in [5.41, 5.74) is 1.80. The van der Waals surface area contributed by atoms with Crippen molar-refractivity contribution in [3.8, 4) is 10.4 Å². The number of hydrogen-bond donors (Lipinski definition) is 1. The molecule has 1 amide bonds. The summed E-state index contributed by atoms with van der Waals surface area (Å²) in [7, 11) is 0. The smallest absolute Gasteiger partial charge is 0.262 e. The first-order valence-corrected chi connectivity index (χ1v) is 9.87. The molecule has 0 unspecified atom stereocenters. The third kappa shape index (κ3) is 3.65. The minimum atomic E-state index is -0.204. The van der Waals surface area contributed by atoms with Gasteiger partial charge in [-0.15, -0.1) is 11.3 Å². The van der Waals surface area contributed by atoms with E-state index in [0.29, 0.717) is 16.8 Å². The fraction of sp³-hybridized carbons (Fsp3) is 0.350. The Morgan fingerprint density at radius 2 is 2.19 bits per heavy atom. The summed E-state index contributed by atoms with van der Waals surface area (Å²) in [6.45, 7) is 3.14. The molecule has 1 atom stereocenters. The zero-order valence-corrected chi connectivity index (χ0v) is 15.9. The van der Waals surface area contributed by atoms with Crippen molar-refractivity contribution in [1.29, 1.82) is 0 Å². The van der Waals surface area contributed by atoms with Gasteiger partial charge in [-0.3, -0.25) is 14.2 Å². The molecule has 0 radical (unpaired) electrons. The van der Waals surface area contributed by atoms with Gasteiger partial charge in [0.1, 0.15) is 11.4 Å². The van der Waals surface area contributed by atoms with Crippen molar-refractivity contribution in [3.05, 3.63) is 52.6 Å². The topological polar surface area (TPSA) is 73.2 Å². The highest BCUT2D eigenvalue weighted by atomic mass is 32.1. The quantitative estimate of drug-likeness (QED) is 0.735. The molecule has 3 aromatic rings. The second-order valence-corrected chi connectivity index (χ2v) is 7.72. The monoisotopic (exact) mass is 383 g/mol. The van der Waals surface area contributed by atoms with Crippen LogP contribution in [0.25, 0.3) is 20.7 Å². The van der Waals surface area contributed by atoms with E-state index in [-0.39, 0.29) is 24.1 Å². The van der Waals surface area contributed by atoms with Gasteiger partial charge in [0.2, 0.25) is 5.91 Å². The zero-order chi connectivity index (χ0) is 18.8. The van der Waals surface area contributed by atoms with Crippen LogP contribution in [0.1, 0.15) is 18.4 Å². The number of carbonyl (C=O) groups excluding carboxylic acids is 1. The van der Waals surface area contributed by atoms with Gasteiger partial charge >= 0.3 is 0 Å². The Balaban J connectivity index is 1.57. The van der Waals surface area contributed by atoms with Gasteiger partial charge in [-0.25, -0.2) is 4.98 Å². The third-order valence-electron chi connectivity index (χ3n) is 4.82. The summed E-state index contributed by atoms with van der Waals surface area (Å²) < 4.78 is 6.88. The predicted molar refractivity (Wildman–Crippen MR) is 106 cm³/mol. The van der Waals surface area contributed by atoms with Gasteiger partial charge in [-0.05, 0) is 30.9 Å². The lowest BCUT2D eigenvalue weighted by Crippen LogP contribution is -2.36. The second-order valence-electron chi connectivity index (χ2n) is 6.72. The molecule has 140 valence electrons. The van der Waals surface area contributed by atoms with E-state index in [1.165, 1.54) is 22.2 Å². The number of hydrogen-bond acceptors (Lipinski definition) is 5. The molecule has 7 heteroatoms. The summed E-state index contributed by atoms with van der Waals surface area (Å²) in [6.07, 6.45) is 3.53. The van der Waals surface area contributed by atoms with E-state index in [0.717, 1.165) is 35.5 Å². The summed E-state index contributed by atoms with van der Waals surface area (Å²) in [5.74, 6) is -0.204. The second kappa shape index (κ2) is 7.62. The summed E-state index contributed by atoms with van der Waals surface area (Å²) in [5, 5.41) is 3.44. The number of nitrogens with zero attached hydrogens (tertiary/aromatic N) is 2. The average molecular weight is 383 g/mol.